The van der Waals surface area contributed by atoms with Crippen LogP contribution >= 0.6 is 0 Å². The van der Waals surface area contributed by atoms with E-state index in [-0.39, 0.29) is 17.5 Å². The zero-order chi connectivity index (χ0) is 19.7. The van der Waals surface area contributed by atoms with Gasteiger partial charge in [0.05, 0.1) is 18.1 Å². The minimum atomic E-state index is -3.70. The van der Waals surface area contributed by atoms with E-state index in [9.17, 15) is 13.2 Å². The number of ether oxygens (including phenoxy) is 2. The van der Waals surface area contributed by atoms with Gasteiger partial charge >= 0.3 is 0 Å². The Balaban J connectivity index is 1.62. The van der Waals surface area contributed by atoms with Crippen LogP contribution in [0.1, 0.15) is 35.2 Å². The fraction of sp³-hybridized carbons (Fsp3) is 0.350. The topological polar surface area (TPSA) is 98.9 Å². The predicted octanol–water partition coefficient (Wildman–Crippen LogP) is 2.30. The summed E-state index contributed by atoms with van der Waals surface area (Å²) in [6, 6.07) is 11.4. The van der Waals surface area contributed by atoms with Crippen LogP contribution in [0.25, 0.3) is 0 Å². The molecule has 0 radical (unpaired) electrons. The van der Waals surface area contributed by atoms with Crippen molar-refractivity contribution in [2.45, 2.75) is 36.7 Å². The number of hydrogen-bond donors (Lipinski definition) is 1. The second-order valence-corrected chi connectivity index (χ2v) is 8.89. The van der Waals surface area contributed by atoms with E-state index < -0.39 is 15.9 Å². The molecule has 1 aliphatic carbocycles. The predicted molar refractivity (Wildman–Crippen MR) is 103 cm³/mol. The lowest BCUT2D eigenvalue weighted by molar-refractivity contribution is 0.1000. The van der Waals surface area contributed by atoms with E-state index in [4.69, 9.17) is 15.2 Å². The average Bonchev–Trinajstić information content (AvgIpc) is 3.52. The molecule has 2 aromatic rings. The number of sulfonamides is 1. The summed E-state index contributed by atoms with van der Waals surface area (Å²) < 4.78 is 39.4. The quantitative estimate of drug-likeness (QED) is 0.799. The Labute approximate surface area is 164 Å². The molecule has 2 N–H and O–H groups in total. The van der Waals surface area contributed by atoms with Gasteiger partial charge in [-0.05, 0) is 42.7 Å². The summed E-state index contributed by atoms with van der Waals surface area (Å²) in [5, 5.41) is 0. The van der Waals surface area contributed by atoms with E-state index in [1.54, 1.807) is 42.5 Å². The van der Waals surface area contributed by atoms with Crippen LogP contribution in [0, 0.1) is 0 Å². The van der Waals surface area contributed by atoms with Crippen molar-refractivity contribution in [1.82, 2.24) is 4.31 Å². The summed E-state index contributed by atoms with van der Waals surface area (Å²) in [6.45, 7) is 1.28. The molecule has 0 bridgehead atoms. The number of carbonyl (C=O) groups excluding carboxylic acids is 1. The Bertz CT molecular complexity index is 984. The Morgan fingerprint density at radius 1 is 1.04 bits per heavy atom. The summed E-state index contributed by atoms with van der Waals surface area (Å²) in [5.41, 5.74) is 6.46. The maximum atomic E-state index is 13.3. The highest BCUT2D eigenvalue weighted by molar-refractivity contribution is 7.89. The van der Waals surface area contributed by atoms with Crippen LogP contribution in [0.2, 0.25) is 0 Å². The number of primary amides is 1. The van der Waals surface area contributed by atoms with Crippen molar-refractivity contribution in [2.24, 2.45) is 5.73 Å². The van der Waals surface area contributed by atoms with E-state index in [1.165, 1.54) is 4.31 Å². The summed E-state index contributed by atoms with van der Waals surface area (Å²) >= 11 is 0. The maximum absolute atomic E-state index is 13.3. The summed E-state index contributed by atoms with van der Waals surface area (Å²) in [7, 11) is -3.70. The van der Waals surface area contributed by atoms with Gasteiger partial charge in [0.25, 0.3) is 0 Å². The zero-order valence-electron chi connectivity index (χ0n) is 15.3. The molecule has 2 aromatic carbocycles. The highest BCUT2D eigenvalue weighted by atomic mass is 32.2. The second-order valence-electron chi connectivity index (χ2n) is 7.00. The molecule has 1 aliphatic heterocycles. The van der Waals surface area contributed by atoms with Gasteiger partial charge in [0.15, 0.2) is 11.5 Å². The van der Waals surface area contributed by atoms with Gasteiger partial charge < -0.3 is 15.2 Å². The lowest BCUT2D eigenvalue weighted by atomic mass is 10.1. The molecule has 1 amide bonds. The van der Waals surface area contributed by atoms with Gasteiger partial charge in [-0.2, -0.15) is 4.31 Å². The standard InChI is InChI=1S/C20H22N2O5S/c21-20(23)15-4-2-14(3-5-15)13-22(16-6-7-16)28(24,25)17-8-9-18-19(12-17)27-11-1-10-26-18/h2-5,8-9,12,16H,1,6-7,10-11,13H2,(H2,21,23). The highest BCUT2D eigenvalue weighted by Crippen LogP contribution is 2.37. The molecule has 1 heterocycles. The lowest BCUT2D eigenvalue weighted by Crippen LogP contribution is -2.32. The van der Waals surface area contributed by atoms with Gasteiger partial charge in [0.1, 0.15) is 0 Å². The van der Waals surface area contributed by atoms with E-state index in [0.29, 0.717) is 30.3 Å². The number of amides is 1. The van der Waals surface area contributed by atoms with Crippen LogP contribution in [0.3, 0.4) is 0 Å². The molecule has 4 rings (SSSR count). The number of fused-ring (bicyclic) bond motifs is 1. The molecule has 28 heavy (non-hydrogen) atoms. The number of rotatable bonds is 6. The molecule has 148 valence electrons. The molecule has 0 saturated heterocycles. The fourth-order valence-corrected chi connectivity index (χ4v) is 4.86. The Morgan fingerprint density at radius 2 is 1.71 bits per heavy atom. The van der Waals surface area contributed by atoms with Crippen molar-refractivity contribution in [2.75, 3.05) is 13.2 Å². The Kier molecular flexibility index (Phi) is 4.99. The Hall–Kier alpha value is -2.58. The summed E-state index contributed by atoms with van der Waals surface area (Å²) in [5.74, 6) is 0.516. The number of nitrogens with two attached hydrogens (primary N) is 1. The largest absolute Gasteiger partial charge is 0.490 e. The fourth-order valence-electron chi connectivity index (χ4n) is 3.17. The number of carbonyl (C=O) groups is 1. The number of nitrogens with zero attached hydrogens (tertiary/aromatic N) is 1. The van der Waals surface area contributed by atoms with Crippen molar-refractivity contribution in [3.8, 4) is 11.5 Å². The molecule has 0 unspecified atom stereocenters. The van der Waals surface area contributed by atoms with Gasteiger partial charge in [0.2, 0.25) is 15.9 Å². The van der Waals surface area contributed by atoms with Crippen molar-refractivity contribution < 1.29 is 22.7 Å². The first-order chi connectivity index (χ1) is 13.4. The Morgan fingerprint density at radius 3 is 2.36 bits per heavy atom. The van der Waals surface area contributed by atoms with Gasteiger partial charge in [-0.1, -0.05) is 12.1 Å². The van der Waals surface area contributed by atoms with Crippen molar-refractivity contribution >= 4 is 15.9 Å². The monoisotopic (exact) mass is 402 g/mol. The molecular formula is C20H22N2O5S. The minimum absolute atomic E-state index is 0.0169. The molecule has 2 aliphatic rings. The van der Waals surface area contributed by atoms with Gasteiger partial charge in [-0.25, -0.2) is 8.42 Å². The molecule has 8 heteroatoms. The lowest BCUT2D eigenvalue weighted by Gasteiger charge is -2.22. The smallest absolute Gasteiger partial charge is 0.248 e. The molecule has 1 fully saturated rings. The average molecular weight is 402 g/mol. The van der Waals surface area contributed by atoms with Crippen LogP contribution in [0.5, 0.6) is 11.5 Å². The summed E-state index contributed by atoms with van der Waals surface area (Å²) in [4.78, 5) is 11.4. The van der Waals surface area contributed by atoms with Crippen LogP contribution in [0.15, 0.2) is 47.4 Å². The van der Waals surface area contributed by atoms with Gasteiger partial charge in [-0.3, -0.25) is 4.79 Å². The third kappa shape index (κ3) is 3.83. The second kappa shape index (κ2) is 7.44. The van der Waals surface area contributed by atoms with Gasteiger partial charge in [-0.15, -0.1) is 0 Å². The van der Waals surface area contributed by atoms with Crippen LogP contribution in [-0.4, -0.2) is 37.9 Å². The van der Waals surface area contributed by atoms with Crippen LogP contribution in [-0.2, 0) is 16.6 Å². The summed E-state index contributed by atoms with van der Waals surface area (Å²) in [6.07, 6.45) is 2.43. The van der Waals surface area contributed by atoms with Crippen molar-refractivity contribution in [3.05, 3.63) is 53.6 Å². The minimum Gasteiger partial charge on any atom is -0.490 e. The first kappa shape index (κ1) is 18.8. The van der Waals surface area contributed by atoms with E-state index >= 15 is 0 Å². The number of hydrogen-bond acceptors (Lipinski definition) is 5. The van der Waals surface area contributed by atoms with Crippen molar-refractivity contribution in [1.29, 1.82) is 0 Å². The van der Waals surface area contributed by atoms with Crippen molar-refractivity contribution in [3.63, 3.8) is 0 Å². The zero-order valence-corrected chi connectivity index (χ0v) is 16.2. The molecule has 0 spiro atoms. The third-order valence-corrected chi connectivity index (χ3v) is 6.75. The first-order valence-corrected chi connectivity index (χ1v) is 10.7. The number of benzene rings is 2. The molecule has 0 aromatic heterocycles. The van der Waals surface area contributed by atoms with E-state index in [1.807, 2.05) is 0 Å². The van der Waals surface area contributed by atoms with Crippen LogP contribution in [0.4, 0.5) is 0 Å². The molecule has 1 saturated carbocycles. The SMILES string of the molecule is NC(=O)c1ccc(CN(C2CC2)S(=O)(=O)c2ccc3c(c2)OCCCO3)cc1. The molecule has 7 nitrogen and oxygen atoms in total. The van der Waals surface area contributed by atoms with Crippen LogP contribution < -0.4 is 15.2 Å². The highest BCUT2D eigenvalue weighted by Gasteiger charge is 2.38. The van der Waals surface area contributed by atoms with E-state index in [0.717, 1.165) is 24.8 Å². The van der Waals surface area contributed by atoms with Gasteiger partial charge in [0, 0.05) is 30.6 Å². The molecule has 0 atom stereocenters. The normalized spacial score (nSPS) is 16.6. The maximum Gasteiger partial charge on any atom is 0.248 e. The first-order valence-electron chi connectivity index (χ1n) is 9.25. The van der Waals surface area contributed by atoms with E-state index in [2.05, 4.69) is 0 Å². The third-order valence-electron chi connectivity index (χ3n) is 4.86. The molecular weight excluding hydrogens is 380 g/mol.